The van der Waals surface area contributed by atoms with Gasteiger partial charge in [-0.2, -0.15) is 0 Å². The molecule has 2 aliphatic carbocycles. The highest BCUT2D eigenvalue weighted by Gasteiger charge is 2.43. The molecule has 1 aliphatic heterocycles. The lowest BCUT2D eigenvalue weighted by Crippen LogP contribution is -2.32. The summed E-state index contributed by atoms with van der Waals surface area (Å²) >= 11 is 0. The highest BCUT2D eigenvalue weighted by Crippen LogP contribution is 2.44. The van der Waals surface area contributed by atoms with Gasteiger partial charge in [-0.15, -0.1) is 0 Å². The van der Waals surface area contributed by atoms with Crippen molar-refractivity contribution in [3.8, 4) is 11.3 Å². The maximum Gasteiger partial charge on any atom is 0.169 e. The van der Waals surface area contributed by atoms with Crippen LogP contribution in [-0.2, 0) is 9.47 Å². The van der Waals surface area contributed by atoms with Gasteiger partial charge in [-0.05, 0) is 31.7 Å². The Morgan fingerprint density at radius 3 is 2.52 bits per heavy atom. The van der Waals surface area contributed by atoms with E-state index in [0.29, 0.717) is 12.5 Å². The molecule has 0 N–H and O–H groups in total. The average molecular weight is 336 g/mol. The molecular weight excluding hydrogens is 312 g/mol. The van der Waals surface area contributed by atoms with E-state index in [1.165, 1.54) is 32.1 Å². The van der Waals surface area contributed by atoms with E-state index in [-0.39, 0.29) is 11.9 Å². The fourth-order valence-corrected chi connectivity index (χ4v) is 3.98. The van der Waals surface area contributed by atoms with Crippen molar-refractivity contribution >= 4 is 0 Å². The van der Waals surface area contributed by atoms with Crippen molar-refractivity contribution < 1.29 is 9.47 Å². The number of nitrogens with zero attached hydrogens (tertiary/aromatic N) is 2. The van der Waals surface area contributed by atoms with Crippen LogP contribution in [0.5, 0.6) is 0 Å². The van der Waals surface area contributed by atoms with Crippen molar-refractivity contribution in [3.63, 3.8) is 0 Å². The van der Waals surface area contributed by atoms with Gasteiger partial charge in [0.2, 0.25) is 0 Å². The standard InChI is InChI=1S/C21H24N2O2/c1-3-7-15(8-4-1)17-13-18(23-20(22-17)16-9-10-16)19-14-24-21(25-19)11-5-2-6-12-21/h1,3-4,7-8,13,16,19H,2,5-6,9-12,14H2. The first-order valence-corrected chi connectivity index (χ1v) is 9.57. The normalized spacial score (nSPS) is 25.4. The zero-order chi connectivity index (χ0) is 16.7. The molecule has 0 amide bonds. The van der Waals surface area contributed by atoms with Crippen LogP contribution in [0.15, 0.2) is 36.4 Å². The lowest BCUT2D eigenvalue weighted by molar-refractivity contribution is -0.188. The van der Waals surface area contributed by atoms with E-state index in [1.807, 2.05) is 6.07 Å². The summed E-state index contributed by atoms with van der Waals surface area (Å²) in [5, 5.41) is 0. The first-order chi connectivity index (χ1) is 12.3. The molecule has 2 saturated carbocycles. The van der Waals surface area contributed by atoms with E-state index in [2.05, 4.69) is 30.3 Å². The Morgan fingerprint density at radius 2 is 1.76 bits per heavy atom. The smallest absolute Gasteiger partial charge is 0.169 e. The fraction of sp³-hybridized carbons (Fsp3) is 0.524. The molecule has 1 aromatic heterocycles. The molecule has 5 rings (SSSR count). The zero-order valence-corrected chi connectivity index (χ0v) is 14.5. The summed E-state index contributed by atoms with van der Waals surface area (Å²) in [7, 11) is 0. The SMILES string of the molecule is c1ccc(-c2cc(C3COC4(CCCCC4)O3)nc(C3CC3)n2)cc1. The quantitative estimate of drug-likeness (QED) is 0.810. The Bertz CT molecular complexity index is 752. The monoisotopic (exact) mass is 336 g/mol. The fourth-order valence-electron chi connectivity index (χ4n) is 3.98. The molecule has 130 valence electrons. The summed E-state index contributed by atoms with van der Waals surface area (Å²) in [5.41, 5.74) is 3.12. The lowest BCUT2D eigenvalue weighted by Gasteiger charge is -2.31. The van der Waals surface area contributed by atoms with Crippen molar-refractivity contribution in [2.45, 2.75) is 62.8 Å². The molecule has 1 spiro atoms. The van der Waals surface area contributed by atoms with E-state index >= 15 is 0 Å². The van der Waals surface area contributed by atoms with Gasteiger partial charge >= 0.3 is 0 Å². The minimum Gasteiger partial charge on any atom is -0.347 e. The first kappa shape index (κ1) is 15.5. The van der Waals surface area contributed by atoms with Crippen molar-refractivity contribution in [1.82, 2.24) is 9.97 Å². The largest absolute Gasteiger partial charge is 0.347 e. The molecule has 1 saturated heterocycles. The summed E-state index contributed by atoms with van der Waals surface area (Å²) in [5.74, 6) is 1.14. The van der Waals surface area contributed by atoms with Crippen molar-refractivity contribution in [3.05, 3.63) is 47.9 Å². The predicted octanol–water partition coefficient (Wildman–Crippen LogP) is 4.77. The summed E-state index contributed by atoms with van der Waals surface area (Å²) in [6, 6.07) is 12.5. The minimum atomic E-state index is -0.361. The number of hydrogen-bond donors (Lipinski definition) is 0. The van der Waals surface area contributed by atoms with Crippen molar-refractivity contribution in [2.75, 3.05) is 6.61 Å². The van der Waals surface area contributed by atoms with Gasteiger partial charge in [0.05, 0.1) is 18.0 Å². The maximum absolute atomic E-state index is 6.41. The molecule has 2 heterocycles. The molecule has 1 unspecified atom stereocenters. The molecule has 2 aromatic rings. The van der Waals surface area contributed by atoms with Crippen LogP contribution in [-0.4, -0.2) is 22.4 Å². The molecule has 4 heteroatoms. The van der Waals surface area contributed by atoms with Gasteiger partial charge < -0.3 is 9.47 Å². The Balaban J connectivity index is 1.47. The van der Waals surface area contributed by atoms with Crippen LogP contribution in [0, 0.1) is 0 Å². The molecular formula is C21H24N2O2. The number of aromatic nitrogens is 2. The molecule has 0 bridgehead atoms. The molecule has 25 heavy (non-hydrogen) atoms. The van der Waals surface area contributed by atoms with E-state index in [4.69, 9.17) is 19.4 Å². The number of ether oxygens (including phenoxy) is 2. The maximum atomic E-state index is 6.41. The van der Waals surface area contributed by atoms with Crippen LogP contribution in [0.4, 0.5) is 0 Å². The second-order valence-electron chi connectivity index (χ2n) is 7.57. The summed E-state index contributed by atoms with van der Waals surface area (Å²) in [4.78, 5) is 9.70. The van der Waals surface area contributed by atoms with Crippen LogP contribution in [0.3, 0.4) is 0 Å². The molecule has 4 nitrogen and oxygen atoms in total. The third kappa shape index (κ3) is 3.09. The van der Waals surface area contributed by atoms with Gasteiger partial charge in [0.25, 0.3) is 0 Å². The predicted molar refractivity (Wildman–Crippen MR) is 95.0 cm³/mol. The third-order valence-electron chi connectivity index (χ3n) is 5.58. The lowest BCUT2D eigenvalue weighted by atomic mass is 9.94. The van der Waals surface area contributed by atoms with E-state index in [0.717, 1.165) is 35.6 Å². The van der Waals surface area contributed by atoms with Crippen LogP contribution in [0.25, 0.3) is 11.3 Å². The molecule has 1 aromatic carbocycles. The highest BCUT2D eigenvalue weighted by atomic mass is 16.7. The zero-order valence-electron chi connectivity index (χ0n) is 14.5. The molecule has 0 radical (unpaired) electrons. The van der Waals surface area contributed by atoms with Crippen LogP contribution in [0.2, 0.25) is 0 Å². The Morgan fingerprint density at radius 1 is 0.960 bits per heavy atom. The van der Waals surface area contributed by atoms with Crippen LogP contribution in [0.1, 0.15) is 68.5 Å². The first-order valence-electron chi connectivity index (χ1n) is 9.57. The molecule has 1 atom stereocenters. The highest BCUT2D eigenvalue weighted by molar-refractivity contribution is 5.59. The van der Waals surface area contributed by atoms with E-state index in [1.54, 1.807) is 0 Å². The van der Waals surface area contributed by atoms with Gasteiger partial charge in [-0.3, -0.25) is 0 Å². The van der Waals surface area contributed by atoms with Gasteiger partial charge in [-0.25, -0.2) is 9.97 Å². The topological polar surface area (TPSA) is 44.2 Å². The van der Waals surface area contributed by atoms with Crippen molar-refractivity contribution in [2.24, 2.45) is 0 Å². The van der Waals surface area contributed by atoms with E-state index < -0.39 is 0 Å². The summed E-state index contributed by atoms with van der Waals surface area (Å²) in [6.07, 6.45) is 8.02. The van der Waals surface area contributed by atoms with Crippen molar-refractivity contribution in [1.29, 1.82) is 0 Å². The molecule has 3 fully saturated rings. The van der Waals surface area contributed by atoms with Crippen LogP contribution >= 0.6 is 0 Å². The Kier molecular flexibility index (Phi) is 3.83. The van der Waals surface area contributed by atoms with E-state index in [9.17, 15) is 0 Å². The Labute approximate surface area is 148 Å². The van der Waals surface area contributed by atoms with Gasteiger partial charge in [-0.1, -0.05) is 36.8 Å². The summed E-state index contributed by atoms with van der Waals surface area (Å²) < 4.78 is 12.5. The average Bonchev–Trinajstić information content (AvgIpc) is 3.45. The molecule has 3 aliphatic rings. The van der Waals surface area contributed by atoms with Gasteiger partial charge in [0.1, 0.15) is 11.9 Å². The van der Waals surface area contributed by atoms with Gasteiger partial charge in [0, 0.05) is 24.3 Å². The second-order valence-corrected chi connectivity index (χ2v) is 7.57. The Hall–Kier alpha value is -1.78. The van der Waals surface area contributed by atoms with Gasteiger partial charge in [0.15, 0.2) is 5.79 Å². The number of rotatable bonds is 3. The second kappa shape index (κ2) is 6.19. The number of hydrogen-bond acceptors (Lipinski definition) is 4. The number of benzene rings is 1. The summed E-state index contributed by atoms with van der Waals surface area (Å²) in [6.45, 7) is 0.606. The minimum absolute atomic E-state index is 0.0685. The third-order valence-corrected chi connectivity index (χ3v) is 5.58. The van der Waals surface area contributed by atoms with Crippen LogP contribution < -0.4 is 0 Å².